The molecule has 0 aliphatic heterocycles. The average molecular weight is 161 g/mol. The zero-order chi connectivity index (χ0) is 8.97. The molecule has 0 radical (unpaired) electrons. The minimum atomic E-state index is -0.0395. The minimum Gasteiger partial charge on any atom is -0.410 e. The van der Waals surface area contributed by atoms with Gasteiger partial charge in [0.1, 0.15) is 6.07 Å². The van der Waals surface area contributed by atoms with Crippen molar-refractivity contribution in [3.8, 4) is 6.07 Å². The first-order valence-corrected chi connectivity index (χ1v) is 3.26. The quantitative estimate of drug-likeness (QED) is 0.278. The van der Waals surface area contributed by atoms with E-state index in [1.165, 1.54) is 0 Å². The Hall–Kier alpha value is -2.02. The highest BCUT2D eigenvalue weighted by molar-refractivity contribution is 6.11. The maximum absolute atomic E-state index is 8.49. The average Bonchev–Trinajstić information content (AvgIpc) is 2.07. The molecule has 0 amide bonds. The van der Waals surface area contributed by atoms with Crippen LogP contribution in [0.5, 0.6) is 0 Å². The summed E-state index contributed by atoms with van der Waals surface area (Å²) in [6.07, 6.45) is 0. The summed E-state index contributed by atoms with van der Waals surface area (Å²) < 4.78 is 0. The Bertz CT molecular complexity index is 352. The Balaban J connectivity index is 3.13. The number of hydrogen-bond donors (Lipinski definition) is 2. The molecule has 4 nitrogen and oxygen atoms in total. The van der Waals surface area contributed by atoms with E-state index < -0.39 is 0 Å². The number of anilines is 1. The Morgan fingerprint density at radius 2 is 2.33 bits per heavy atom. The number of oxime groups is 1. The normalized spacial score (nSPS) is 10.8. The van der Waals surface area contributed by atoms with Gasteiger partial charge in [0.05, 0.1) is 0 Å². The fraction of sp³-hybridized carbons (Fsp3) is 0. The van der Waals surface area contributed by atoms with Gasteiger partial charge in [-0.15, -0.1) is 0 Å². The van der Waals surface area contributed by atoms with Crippen molar-refractivity contribution in [2.75, 3.05) is 5.73 Å². The summed E-state index contributed by atoms with van der Waals surface area (Å²) in [6.45, 7) is 0. The number of nitrogens with zero attached hydrogens (tertiary/aromatic N) is 2. The summed E-state index contributed by atoms with van der Waals surface area (Å²) >= 11 is 0. The third-order valence-electron chi connectivity index (χ3n) is 1.37. The van der Waals surface area contributed by atoms with Crippen molar-refractivity contribution >= 4 is 11.4 Å². The molecule has 1 aromatic rings. The van der Waals surface area contributed by atoms with E-state index in [0.29, 0.717) is 11.3 Å². The molecule has 0 fully saturated rings. The molecule has 4 heteroatoms. The lowest BCUT2D eigenvalue weighted by atomic mass is 10.1. The van der Waals surface area contributed by atoms with Gasteiger partial charge in [0.25, 0.3) is 0 Å². The lowest BCUT2D eigenvalue weighted by molar-refractivity contribution is 0.320. The molecule has 0 aliphatic carbocycles. The van der Waals surface area contributed by atoms with Gasteiger partial charge in [0.2, 0.25) is 0 Å². The Morgan fingerprint density at radius 3 is 2.83 bits per heavy atom. The molecule has 1 aromatic carbocycles. The molecular weight excluding hydrogens is 154 g/mol. The van der Waals surface area contributed by atoms with E-state index in [-0.39, 0.29) is 5.71 Å². The third-order valence-corrected chi connectivity index (χ3v) is 1.37. The van der Waals surface area contributed by atoms with E-state index in [9.17, 15) is 0 Å². The first-order chi connectivity index (χ1) is 5.77. The molecular formula is C8H7N3O. The standard InChI is InChI=1S/C8H7N3O/c9-5-8(11-12)6-2-1-3-7(10)4-6/h1-4,12H,10H2. The van der Waals surface area contributed by atoms with Crippen LogP contribution >= 0.6 is 0 Å². The number of nitriles is 1. The number of nitrogens with two attached hydrogens (primary N) is 1. The smallest absolute Gasteiger partial charge is 0.186 e. The van der Waals surface area contributed by atoms with Crippen LogP contribution in [0.25, 0.3) is 0 Å². The molecule has 0 unspecified atom stereocenters. The van der Waals surface area contributed by atoms with Gasteiger partial charge < -0.3 is 10.9 Å². The Labute approximate surface area is 69.5 Å². The van der Waals surface area contributed by atoms with E-state index in [1.54, 1.807) is 30.3 Å². The summed E-state index contributed by atoms with van der Waals surface area (Å²) in [5.74, 6) is 0. The fourth-order valence-corrected chi connectivity index (χ4v) is 0.831. The third kappa shape index (κ3) is 1.52. The van der Waals surface area contributed by atoms with Crippen molar-refractivity contribution in [1.29, 1.82) is 5.26 Å². The van der Waals surface area contributed by atoms with E-state index in [0.717, 1.165) is 0 Å². The van der Waals surface area contributed by atoms with Gasteiger partial charge in [0, 0.05) is 11.3 Å². The van der Waals surface area contributed by atoms with Gasteiger partial charge in [-0.25, -0.2) is 0 Å². The zero-order valence-electron chi connectivity index (χ0n) is 6.23. The van der Waals surface area contributed by atoms with Crippen LogP contribution in [-0.2, 0) is 0 Å². The molecule has 0 spiro atoms. The van der Waals surface area contributed by atoms with Crippen molar-refractivity contribution < 1.29 is 5.21 Å². The number of hydrogen-bond acceptors (Lipinski definition) is 4. The van der Waals surface area contributed by atoms with Gasteiger partial charge in [-0.2, -0.15) is 5.26 Å². The number of nitrogen functional groups attached to an aromatic ring is 1. The van der Waals surface area contributed by atoms with E-state index >= 15 is 0 Å². The molecule has 3 N–H and O–H groups in total. The van der Waals surface area contributed by atoms with Crippen molar-refractivity contribution in [2.45, 2.75) is 0 Å². The first kappa shape index (κ1) is 8.08. The van der Waals surface area contributed by atoms with Gasteiger partial charge in [-0.3, -0.25) is 0 Å². The predicted molar refractivity (Wildman–Crippen MR) is 44.8 cm³/mol. The Kier molecular flexibility index (Phi) is 2.29. The van der Waals surface area contributed by atoms with E-state index in [1.807, 2.05) is 0 Å². The van der Waals surface area contributed by atoms with Crippen LogP contribution in [0.4, 0.5) is 5.69 Å². The van der Waals surface area contributed by atoms with Crippen LogP contribution in [0.2, 0.25) is 0 Å². The van der Waals surface area contributed by atoms with Gasteiger partial charge in [-0.05, 0) is 12.1 Å². The van der Waals surface area contributed by atoms with Crippen LogP contribution < -0.4 is 5.73 Å². The van der Waals surface area contributed by atoms with E-state index in [2.05, 4.69) is 5.16 Å². The summed E-state index contributed by atoms with van der Waals surface area (Å²) in [7, 11) is 0. The molecule has 12 heavy (non-hydrogen) atoms. The molecule has 1 rings (SSSR count). The van der Waals surface area contributed by atoms with Gasteiger partial charge >= 0.3 is 0 Å². The topological polar surface area (TPSA) is 82.4 Å². The van der Waals surface area contributed by atoms with Crippen LogP contribution in [-0.4, -0.2) is 10.9 Å². The molecule has 0 bridgehead atoms. The molecule has 0 atom stereocenters. The van der Waals surface area contributed by atoms with Crippen LogP contribution in [0.15, 0.2) is 29.4 Å². The monoisotopic (exact) mass is 161 g/mol. The molecule has 0 saturated heterocycles. The summed E-state index contributed by atoms with van der Waals surface area (Å²) in [4.78, 5) is 0. The molecule has 0 aromatic heterocycles. The highest BCUT2D eigenvalue weighted by atomic mass is 16.4. The number of benzene rings is 1. The number of rotatable bonds is 1. The molecule has 0 aliphatic rings. The van der Waals surface area contributed by atoms with Crippen LogP contribution in [0, 0.1) is 11.3 Å². The highest BCUT2D eigenvalue weighted by Crippen LogP contribution is 2.07. The zero-order valence-corrected chi connectivity index (χ0v) is 6.23. The lowest BCUT2D eigenvalue weighted by Crippen LogP contribution is -1.97. The second kappa shape index (κ2) is 3.39. The van der Waals surface area contributed by atoms with Gasteiger partial charge in [0.15, 0.2) is 5.71 Å². The van der Waals surface area contributed by atoms with Crippen molar-refractivity contribution in [1.82, 2.24) is 0 Å². The van der Waals surface area contributed by atoms with Crippen molar-refractivity contribution in [3.05, 3.63) is 29.8 Å². The Morgan fingerprint density at radius 1 is 1.58 bits per heavy atom. The first-order valence-electron chi connectivity index (χ1n) is 3.26. The van der Waals surface area contributed by atoms with Crippen molar-refractivity contribution in [3.63, 3.8) is 0 Å². The summed E-state index contributed by atoms with van der Waals surface area (Å²) in [5.41, 5.74) is 6.47. The predicted octanol–water partition coefficient (Wildman–Crippen LogP) is 0.971. The largest absolute Gasteiger partial charge is 0.410 e. The van der Waals surface area contributed by atoms with Crippen molar-refractivity contribution in [2.24, 2.45) is 5.16 Å². The van der Waals surface area contributed by atoms with Crippen LogP contribution in [0.3, 0.4) is 0 Å². The molecule has 0 heterocycles. The molecule has 60 valence electrons. The maximum atomic E-state index is 8.49. The summed E-state index contributed by atoms with van der Waals surface area (Å²) in [5, 5.41) is 19.7. The highest BCUT2D eigenvalue weighted by Gasteiger charge is 2.01. The fourth-order valence-electron chi connectivity index (χ4n) is 0.831. The molecule has 0 saturated carbocycles. The van der Waals surface area contributed by atoms with E-state index in [4.69, 9.17) is 16.2 Å². The minimum absolute atomic E-state index is 0.0395. The SMILES string of the molecule is N#CC(=NO)c1cccc(N)c1. The lowest BCUT2D eigenvalue weighted by Gasteiger charge is -1.96. The summed E-state index contributed by atoms with van der Waals surface area (Å²) in [6, 6.07) is 8.33. The second-order valence-electron chi connectivity index (χ2n) is 2.19. The van der Waals surface area contributed by atoms with Gasteiger partial charge in [-0.1, -0.05) is 17.3 Å². The second-order valence-corrected chi connectivity index (χ2v) is 2.19. The van der Waals surface area contributed by atoms with Crippen LogP contribution in [0.1, 0.15) is 5.56 Å². The maximum Gasteiger partial charge on any atom is 0.186 e.